The predicted molar refractivity (Wildman–Crippen MR) is 70.1 cm³/mol. The highest BCUT2D eigenvalue weighted by atomic mass is 16.5. The van der Waals surface area contributed by atoms with E-state index in [0.29, 0.717) is 19.2 Å². The molecule has 0 radical (unpaired) electrons. The van der Waals surface area contributed by atoms with Crippen LogP contribution in [0.5, 0.6) is 0 Å². The Hall–Kier alpha value is -0.900. The van der Waals surface area contributed by atoms with Gasteiger partial charge >= 0.3 is 0 Å². The smallest absolute Gasteiger partial charge is 0.0917 e. The molecule has 3 nitrogen and oxygen atoms in total. The van der Waals surface area contributed by atoms with Crippen LogP contribution in [0.1, 0.15) is 30.6 Å². The summed E-state index contributed by atoms with van der Waals surface area (Å²) in [4.78, 5) is 0. The number of hydrogen-bond acceptors (Lipinski definition) is 3. The van der Waals surface area contributed by atoms with E-state index in [1.807, 2.05) is 31.2 Å². The quantitative estimate of drug-likeness (QED) is 0.762. The van der Waals surface area contributed by atoms with Gasteiger partial charge in [0.1, 0.15) is 0 Å². The van der Waals surface area contributed by atoms with E-state index in [1.54, 1.807) is 7.11 Å². The number of nitrogens with one attached hydrogen (secondary N) is 1. The van der Waals surface area contributed by atoms with E-state index in [2.05, 4.69) is 12.2 Å². The average molecular weight is 237 g/mol. The second kappa shape index (κ2) is 7.43. The molecule has 0 bridgehead atoms. The van der Waals surface area contributed by atoms with Crippen LogP contribution in [0.2, 0.25) is 0 Å². The average Bonchev–Trinajstić information content (AvgIpc) is 2.34. The summed E-state index contributed by atoms with van der Waals surface area (Å²) in [5.74, 6) is 0. The van der Waals surface area contributed by atoms with Crippen molar-refractivity contribution in [2.75, 3.05) is 20.3 Å². The topological polar surface area (TPSA) is 41.5 Å². The van der Waals surface area contributed by atoms with Crippen LogP contribution in [0, 0.1) is 6.92 Å². The van der Waals surface area contributed by atoms with E-state index in [-0.39, 0.29) is 0 Å². The minimum absolute atomic E-state index is 0.304. The molecule has 2 N–H and O–H groups in total. The maximum absolute atomic E-state index is 10.1. The number of aliphatic hydroxyl groups excluding tert-OH is 1. The first-order chi connectivity index (χ1) is 8.19. The summed E-state index contributed by atoms with van der Waals surface area (Å²) in [6.45, 7) is 5.37. The monoisotopic (exact) mass is 237 g/mol. The zero-order valence-electron chi connectivity index (χ0n) is 10.9. The molecule has 3 heteroatoms. The fraction of sp³-hybridized carbons (Fsp3) is 0.571. The minimum atomic E-state index is -0.456. The molecule has 0 aliphatic rings. The van der Waals surface area contributed by atoms with Gasteiger partial charge in [0.15, 0.2) is 0 Å². The molecule has 1 aromatic carbocycles. The molecule has 17 heavy (non-hydrogen) atoms. The fourth-order valence-electron chi connectivity index (χ4n) is 1.87. The summed E-state index contributed by atoms with van der Waals surface area (Å²) in [5, 5.41) is 13.4. The van der Waals surface area contributed by atoms with Gasteiger partial charge < -0.3 is 15.2 Å². The Morgan fingerprint density at radius 2 is 2.06 bits per heavy atom. The van der Waals surface area contributed by atoms with Gasteiger partial charge in [-0.25, -0.2) is 0 Å². The molecule has 0 spiro atoms. The van der Waals surface area contributed by atoms with E-state index in [4.69, 9.17) is 4.74 Å². The van der Waals surface area contributed by atoms with Crippen LogP contribution in [0.15, 0.2) is 24.3 Å². The third kappa shape index (κ3) is 4.46. The van der Waals surface area contributed by atoms with Crippen molar-refractivity contribution in [3.8, 4) is 0 Å². The first kappa shape index (κ1) is 14.2. The lowest BCUT2D eigenvalue weighted by molar-refractivity contribution is 0.137. The maximum atomic E-state index is 10.1. The van der Waals surface area contributed by atoms with Crippen molar-refractivity contribution < 1.29 is 9.84 Å². The van der Waals surface area contributed by atoms with Gasteiger partial charge in [-0.05, 0) is 24.5 Å². The van der Waals surface area contributed by atoms with Gasteiger partial charge in [0.05, 0.1) is 12.7 Å². The Morgan fingerprint density at radius 1 is 1.35 bits per heavy atom. The molecule has 2 atom stereocenters. The molecule has 96 valence electrons. The Balaban J connectivity index is 2.49. The van der Waals surface area contributed by atoms with Crippen molar-refractivity contribution in [1.82, 2.24) is 5.32 Å². The third-order valence-corrected chi connectivity index (χ3v) is 3.01. The van der Waals surface area contributed by atoms with Gasteiger partial charge in [0.2, 0.25) is 0 Å². The van der Waals surface area contributed by atoms with Gasteiger partial charge in [-0.1, -0.05) is 31.2 Å². The van der Waals surface area contributed by atoms with E-state index in [9.17, 15) is 5.11 Å². The van der Waals surface area contributed by atoms with Crippen LogP contribution in [0.25, 0.3) is 0 Å². The lowest BCUT2D eigenvalue weighted by Gasteiger charge is -2.19. The van der Waals surface area contributed by atoms with Gasteiger partial charge in [-0.3, -0.25) is 0 Å². The van der Waals surface area contributed by atoms with E-state index >= 15 is 0 Å². The van der Waals surface area contributed by atoms with Crippen LogP contribution in [0.3, 0.4) is 0 Å². The Labute approximate surface area is 104 Å². The number of hydrogen-bond donors (Lipinski definition) is 2. The Bertz CT molecular complexity index is 328. The molecule has 0 saturated heterocycles. The van der Waals surface area contributed by atoms with Gasteiger partial charge in [0, 0.05) is 19.7 Å². The normalized spacial score (nSPS) is 14.6. The molecular formula is C14H23NO2. The molecule has 2 unspecified atom stereocenters. The molecular weight excluding hydrogens is 214 g/mol. The highest BCUT2D eigenvalue weighted by molar-refractivity contribution is 5.27. The highest BCUT2D eigenvalue weighted by Gasteiger charge is 2.12. The zero-order chi connectivity index (χ0) is 12.7. The summed E-state index contributed by atoms with van der Waals surface area (Å²) in [7, 11) is 1.70. The molecule has 0 aliphatic heterocycles. The zero-order valence-corrected chi connectivity index (χ0v) is 10.9. The van der Waals surface area contributed by atoms with E-state index in [1.165, 1.54) is 0 Å². The number of ether oxygens (including phenoxy) is 1. The molecule has 0 saturated carbocycles. The molecule has 1 rings (SSSR count). The molecule has 0 aliphatic carbocycles. The summed E-state index contributed by atoms with van der Waals surface area (Å²) in [6, 6.07) is 8.24. The summed E-state index contributed by atoms with van der Waals surface area (Å²) >= 11 is 0. The van der Waals surface area contributed by atoms with E-state index < -0.39 is 6.10 Å². The van der Waals surface area contributed by atoms with Gasteiger partial charge in [-0.15, -0.1) is 0 Å². The van der Waals surface area contributed by atoms with Crippen molar-refractivity contribution >= 4 is 0 Å². The number of rotatable bonds is 7. The standard InChI is InChI=1S/C14H23NO2/c1-4-12(10-17-3)15-9-14(16)13-8-6-5-7-11(13)2/h5-8,12,14-16H,4,9-10H2,1-3H3. The van der Waals surface area contributed by atoms with Crippen LogP contribution < -0.4 is 5.32 Å². The largest absolute Gasteiger partial charge is 0.387 e. The lowest BCUT2D eigenvalue weighted by atomic mass is 10.0. The van der Waals surface area contributed by atoms with Crippen LogP contribution in [-0.4, -0.2) is 31.4 Å². The fourth-order valence-corrected chi connectivity index (χ4v) is 1.87. The number of methoxy groups -OCH3 is 1. The molecule has 0 fully saturated rings. The highest BCUT2D eigenvalue weighted by Crippen LogP contribution is 2.16. The summed E-state index contributed by atoms with van der Waals surface area (Å²) in [5.41, 5.74) is 2.12. The second-order valence-electron chi connectivity index (χ2n) is 4.34. The first-order valence-corrected chi connectivity index (χ1v) is 6.15. The summed E-state index contributed by atoms with van der Waals surface area (Å²) < 4.78 is 5.11. The predicted octanol–water partition coefficient (Wildman–Crippen LogP) is 2.04. The molecule has 0 amide bonds. The van der Waals surface area contributed by atoms with Crippen molar-refractivity contribution in [3.63, 3.8) is 0 Å². The maximum Gasteiger partial charge on any atom is 0.0917 e. The molecule has 1 aromatic rings. The minimum Gasteiger partial charge on any atom is -0.387 e. The lowest BCUT2D eigenvalue weighted by Crippen LogP contribution is -2.35. The molecule has 0 heterocycles. The third-order valence-electron chi connectivity index (χ3n) is 3.01. The van der Waals surface area contributed by atoms with Crippen LogP contribution >= 0.6 is 0 Å². The number of aryl methyl sites for hydroxylation is 1. The van der Waals surface area contributed by atoms with Crippen LogP contribution in [-0.2, 0) is 4.74 Å². The van der Waals surface area contributed by atoms with E-state index in [0.717, 1.165) is 17.5 Å². The SMILES string of the molecule is CCC(COC)NCC(O)c1ccccc1C. The number of benzene rings is 1. The molecule has 0 aromatic heterocycles. The Kier molecular flexibility index (Phi) is 6.19. The second-order valence-corrected chi connectivity index (χ2v) is 4.34. The Morgan fingerprint density at radius 3 is 2.65 bits per heavy atom. The van der Waals surface area contributed by atoms with Crippen molar-refractivity contribution in [1.29, 1.82) is 0 Å². The first-order valence-electron chi connectivity index (χ1n) is 6.15. The van der Waals surface area contributed by atoms with Crippen molar-refractivity contribution in [2.24, 2.45) is 0 Å². The van der Waals surface area contributed by atoms with Gasteiger partial charge in [-0.2, -0.15) is 0 Å². The van der Waals surface area contributed by atoms with Crippen molar-refractivity contribution in [2.45, 2.75) is 32.4 Å². The van der Waals surface area contributed by atoms with Gasteiger partial charge in [0.25, 0.3) is 0 Å². The number of aliphatic hydroxyl groups is 1. The summed E-state index contributed by atoms with van der Waals surface area (Å²) in [6.07, 6.45) is 0.538. The van der Waals surface area contributed by atoms with Crippen LogP contribution in [0.4, 0.5) is 0 Å². The van der Waals surface area contributed by atoms with Crippen molar-refractivity contribution in [3.05, 3.63) is 35.4 Å².